The van der Waals surface area contributed by atoms with Crippen molar-refractivity contribution in [2.75, 3.05) is 20.1 Å². The summed E-state index contributed by atoms with van der Waals surface area (Å²) in [5, 5.41) is 14.6. The number of likely N-dealkylation sites (N-methyl/N-ethyl adjacent to an activating group) is 1. The second-order valence-corrected chi connectivity index (χ2v) is 5.63. The lowest BCUT2D eigenvalue weighted by atomic mass is 9.85. The van der Waals surface area contributed by atoms with Crippen molar-refractivity contribution in [1.29, 1.82) is 0 Å². The fraction of sp³-hybridized carbons (Fsp3) is 0.750. The second kappa shape index (κ2) is 5.02. The Morgan fingerprint density at radius 2 is 2.25 bits per heavy atom. The van der Waals surface area contributed by atoms with E-state index in [0.29, 0.717) is 19.5 Å². The summed E-state index contributed by atoms with van der Waals surface area (Å²) in [4.78, 5) is 36.9. The molecule has 0 saturated carbocycles. The summed E-state index contributed by atoms with van der Waals surface area (Å²) in [6, 6.07) is -1.11. The molecular weight excluding hydrogens is 264 g/mol. The smallest absolute Gasteiger partial charge is 0.242 e. The van der Waals surface area contributed by atoms with Crippen LogP contribution in [0.25, 0.3) is 0 Å². The number of nitrogens with two attached hydrogens (primary N) is 1. The Kier molecular flexibility index (Phi) is 3.70. The number of primary amides is 1. The van der Waals surface area contributed by atoms with E-state index in [0.717, 1.165) is 0 Å². The molecule has 0 bridgehead atoms. The average molecular weight is 284 g/mol. The third kappa shape index (κ3) is 2.25. The molecule has 0 aromatic rings. The van der Waals surface area contributed by atoms with E-state index in [1.807, 2.05) is 4.90 Å². The Balaban J connectivity index is 2.01. The Hall–Kier alpha value is -1.67. The number of amides is 3. The molecule has 112 valence electrons. The molecule has 0 aromatic carbocycles. The van der Waals surface area contributed by atoms with Crippen LogP contribution in [0, 0.1) is 5.92 Å². The lowest BCUT2D eigenvalue weighted by molar-refractivity contribution is -0.140. The quantitative estimate of drug-likeness (QED) is 0.414. The van der Waals surface area contributed by atoms with Crippen molar-refractivity contribution in [3.05, 3.63) is 0 Å². The van der Waals surface area contributed by atoms with E-state index < -0.39 is 29.5 Å². The minimum Gasteiger partial charge on any atom is -0.391 e. The fourth-order valence-corrected chi connectivity index (χ4v) is 2.85. The average Bonchev–Trinajstić information content (AvgIpc) is 2.73. The third-order valence-electron chi connectivity index (χ3n) is 4.23. The largest absolute Gasteiger partial charge is 0.391 e. The summed E-state index contributed by atoms with van der Waals surface area (Å²) < 4.78 is 0. The molecule has 2 unspecified atom stereocenters. The molecule has 2 heterocycles. The Labute approximate surface area is 116 Å². The number of hydrogen-bond acceptors (Lipinski definition) is 5. The fourth-order valence-electron chi connectivity index (χ4n) is 2.85. The number of aliphatic hydroxyl groups excluding tert-OH is 1. The van der Waals surface area contributed by atoms with Crippen LogP contribution in [0.3, 0.4) is 0 Å². The van der Waals surface area contributed by atoms with Gasteiger partial charge < -0.3 is 21.5 Å². The number of carbonyl (C=O) groups excluding carboxylic acids is 3. The van der Waals surface area contributed by atoms with Crippen molar-refractivity contribution < 1.29 is 19.5 Å². The highest BCUT2D eigenvalue weighted by Crippen LogP contribution is 2.35. The Morgan fingerprint density at radius 1 is 1.60 bits per heavy atom. The van der Waals surface area contributed by atoms with Crippen molar-refractivity contribution in [3.8, 4) is 0 Å². The molecule has 8 heteroatoms. The van der Waals surface area contributed by atoms with Crippen molar-refractivity contribution in [1.82, 2.24) is 15.5 Å². The second-order valence-electron chi connectivity index (χ2n) is 5.63. The summed E-state index contributed by atoms with van der Waals surface area (Å²) in [7, 11) is 1.80. The summed E-state index contributed by atoms with van der Waals surface area (Å²) in [6.45, 7) is 2.35. The molecule has 20 heavy (non-hydrogen) atoms. The minimum absolute atomic E-state index is 0.0720. The molecular formula is C12H20N4O4. The van der Waals surface area contributed by atoms with Crippen LogP contribution in [0.4, 0.5) is 0 Å². The molecule has 2 aliphatic heterocycles. The molecule has 4 atom stereocenters. The van der Waals surface area contributed by atoms with Gasteiger partial charge in [0.2, 0.25) is 17.7 Å². The van der Waals surface area contributed by atoms with Crippen molar-refractivity contribution in [2.45, 2.75) is 31.0 Å². The standard InChI is InChI=1S/C12H20N4O4/c1-6(17)8(9(13)18)15-10(19)7-3-12(16(2)4-7)5-14-11(12)20/h6-8,17H,3-5H2,1-2H3,(H2,13,18)(H,14,20)(H,15,19)/t6-,7?,8+,12?/m1/s1. The van der Waals surface area contributed by atoms with Gasteiger partial charge in [0.1, 0.15) is 11.6 Å². The summed E-state index contributed by atoms with van der Waals surface area (Å²) in [5.41, 5.74) is 4.53. The number of aliphatic hydroxyl groups is 1. The number of nitrogens with one attached hydrogen (secondary N) is 2. The van der Waals surface area contributed by atoms with Crippen LogP contribution in [0.5, 0.6) is 0 Å². The van der Waals surface area contributed by atoms with Gasteiger partial charge in [0.25, 0.3) is 0 Å². The minimum atomic E-state index is -1.11. The van der Waals surface area contributed by atoms with Crippen molar-refractivity contribution >= 4 is 17.7 Å². The topological polar surface area (TPSA) is 125 Å². The molecule has 0 aliphatic carbocycles. The lowest BCUT2D eigenvalue weighted by Gasteiger charge is -2.42. The highest BCUT2D eigenvalue weighted by Gasteiger charge is 2.56. The molecule has 0 aromatic heterocycles. The molecule has 2 fully saturated rings. The van der Waals surface area contributed by atoms with Gasteiger partial charge in [-0.15, -0.1) is 0 Å². The predicted octanol–water partition coefficient (Wildman–Crippen LogP) is -2.84. The van der Waals surface area contributed by atoms with E-state index in [1.54, 1.807) is 7.05 Å². The molecule has 2 rings (SSSR count). The molecule has 8 nitrogen and oxygen atoms in total. The monoisotopic (exact) mass is 284 g/mol. The van der Waals surface area contributed by atoms with Gasteiger partial charge in [0.15, 0.2) is 0 Å². The van der Waals surface area contributed by atoms with Crippen LogP contribution in [0.15, 0.2) is 0 Å². The van der Waals surface area contributed by atoms with Gasteiger partial charge in [0, 0.05) is 13.1 Å². The number of hydrogen-bond donors (Lipinski definition) is 4. The van der Waals surface area contributed by atoms with Crippen molar-refractivity contribution in [3.63, 3.8) is 0 Å². The molecule has 2 saturated heterocycles. The van der Waals surface area contributed by atoms with Crippen LogP contribution < -0.4 is 16.4 Å². The van der Waals surface area contributed by atoms with Crippen LogP contribution in [-0.4, -0.2) is 65.5 Å². The zero-order valence-electron chi connectivity index (χ0n) is 11.5. The van der Waals surface area contributed by atoms with Gasteiger partial charge in [-0.1, -0.05) is 0 Å². The zero-order chi connectivity index (χ0) is 15.1. The van der Waals surface area contributed by atoms with Gasteiger partial charge in [-0.3, -0.25) is 19.3 Å². The number of rotatable bonds is 4. The van der Waals surface area contributed by atoms with Crippen LogP contribution in [0.2, 0.25) is 0 Å². The van der Waals surface area contributed by atoms with Crippen LogP contribution in [-0.2, 0) is 14.4 Å². The van der Waals surface area contributed by atoms with Gasteiger partial charge >= 0.3 is 0 Å². The van der Waals surface area contributed by atoms with Gasteiger partial charge in [0.05, 0.1) is 12.0 Å². The maximum atomic E-state index is 12.2. The van der Waals surface area contributed by atoms with E-state index in [-0.39, 0.29) is 11.8 Å². The molecule has 5 N–H and O–H groups in total. The summed E-state index contributed by atoms with van der Waals surface area (Å²) in [6.07, 6.45) is -0.650. The Bertz CT molecular complexity index is 453. The summed E-state index contributed by atoms with van der Waals surface area (Å²) >= 11 is 0. The molecule has 1 spiro atoms. The van der Waals surface area contributed by atoms with Crippen molar-refractivity contribution in [2.24, 2.45) is 11.7 Å². The highest BCUT2D eigenvalue weighted by molar-refractivity contribution is 5.95. The van der Waals surface area contributed by atoms with E-state index in [1.165, 1.54) is 6.92 Å². The SMILES string of the molecule is C[C@@H](O)[C@H](NC(=O)C1CN(C)C2(CNC2=O)C1)C(N)=O. The normalized spacial score (nSPS) is 32.4. The number of β-lactam (4-membered cyclic amide) rings is 1. The van der Waals surface area contributed by atoms with Gasteiger partial charge in [-0.25, -0.2) is 0 Å². The molecule has 0 radical (unpaired) electrons. The Morgan fingerprint density at radius 3 is 2.60 bits per heavy atom. The maximum absolute atomic E-state index is 12.2. The van der Waals surface area contributed by atoms with Gasteiger partial charge in [-0.2, -0.15) is 0 Å². The zero-order valence-corrected chi connectivity index (χ0v) is 11.5. The summed E-state index contributed by atoms with van der Waals surface area (Å²) in [5.74, 6) is -1.61. The van der Waals surface area contributed by atoms with E-state index >= 15 is 0 Å². The maximum Gasteiger partial charge on any atom is 0.242 e. The lowest BCUT2D eigenvalue weighted by Crippen LogP contribution is -2.69. The number of carbonyl (C=O) groups is 3. The van der Waals surface area contributed by atoms with Gasteiger partial charge in [-0.05, 0) is 20.4 Å². The first kappa shape index (κ1) is 14.7. The first-order valence-electron chi connectivity index (χ1n) is 6.55. The van der Waals surface area contributed by atoms with E-state index in [9.17, 15) is 19.5 Å². The molecule has 3 amide bonds. The highest BCUT2D eigenvalue weighted by atomic mass is 16.3. The first-order chi connectivity index (χ1) is 9.28. The molecule has 2 aliphatic rings. The predicted molar refractivity (Wildman–Crippen MR) is 69.3 cm³/mol. The number of likely N-dealkylation sites (tertiary alicyclic amines) is 1. The number of nitrogens with zero attached hydrogens (tertiary/aromatic N) is 1. The third-order valence-corrected chi connectivity index (χ3v) is 4.23. The van der Waals surface area contributed by atoms with E-state index in [4.69, 9.17) is 5.73 Å². The van der Waals surface area contributed by atoms with Crippen LogP contribution >= 0.6 is 0 Å². The van der Waals surface area contributed by atoms with E-state index in [2.05, 4.69) is 10.6 Å². The van der Waals surface area contributed by atoms with Crippen LogP contribution in [0.1, 0.15) is 13.3 Å². The first-order valence-corrected chi connectivity index (χ1v) is 6.55.